The van der Waals surface area contributed by atoms with Crippen molar-refractivity contribution in [3.05, 3.63) is 18.0 Å². The van der Waals surface area contributed by atoms with Gasteiger partial charge in [-0.25, -0.2) is 0 Å². The predicted octanol–water partition coefficient (Wildman–Crippen LogP) is 3.37. The zero-order valence-corrected chi connectivity index (χ0v) is 13.8. The first-order valence-electron chi connectivity index (χ1n) is 8.60. The summed E-state index contributed by atoms with van der Waals surface area (Å²) in [6, 6.07) is 3.19. The molecule has 0 aromatic carbocycles. The van der Waals surface area contributed by atoms with E-state index < -0.39 is 0 Å². The Labute approximate surface area is 129 Å². The molecule has 1 aliphatic heterocycles. The Morgan fingerprint density at radius 1 is 1.33 bits per heavy atom. The molecule has 1 aromatic heterocycles. The van der Waals surface area contributed by atoms with Crippen LogP contribution in [0.1, 0.15) is 71.0 Å². The summed E-state index contributed by atoms with van der Waals surface area (Å²) in [6.45, 7) is 8.39. The first-order valence-corrected chi connectivity index (χ1v) is 8.60. The summed E-state index contributed by atoms with van der Waals surface area (Å²) in [7, 11) is 0. The number of hydrogen-bond donors (Lipinski definition) is 1. The molecule has 2 atom stereocenters. The number of aliphatic hydroxyl groups is 1. The maximum atomic E-state index is 9.68. The molecule has 0 aliphatic carbocycles. The molecule has 1 saturated heterocycles. The molecule has 0 bridgehead atoms. The molecule has 0 amide bonds. The highest BCUT2D eigenvalue weighted by Crippen LogP contribution is 2.23. The summed E-state index contributed by atoms with van der Waals surface area (Å²) in [4.78, 5) is 2.51. The Bertz CT molecular complexity index is 412. The standard InChI is InChI=1S/C17H31N3O/c1-4-16(5-2)20-11-9-15(18-20)13-19-10-7-6-8-17(19)12-14(3)21/h9,11,14,16-17,21H,4-8,10,12-13H2,1-3H3. The number of aliphatic hydroxyl groups excluding tert-OH is 1. The van der Waals surface area contributed by atoms with Crippen LogP contribution >= 0.6 is 0 Å². The highest BCUT2D eigenvalue weighted by molar-refractivity contribution is 5.01. The van der Waals surface area contributed by atoms with E-state index in [1.807, 2.05) is 6.92 Å². The van der Waals surface area contributed by atoms with E-state index in [2.05, 4.69) is 35.7 Å². The van der Waals surface area contributed by atoms with Gasteiger partial charge in [0.15, 0.2) is 0 Å². The minimum atomic E-state index is -0.210. The van der Waals surface area contributed by atoms with Crippen LogP contribution in [0.4, 0.5) is 0 Å². The molecule has 0 saturated carbocycles. The fourth-order valence-corrected chi connectivity index (χ4v) is 3.46. The molecule has 21 heavy (non-hydrogen) atoms. The topological polar surface area (TPSA) is 41.3 Å². The summed E-state index contributed by atoms with van der Waals surface area (Å²) >= 11 is 0. The Kier molecular flexibility index (Phi) is 6.24. The van der Waals surface area contributed by atoms with Crippen LogP contribution < -0.4 is 0 Å². The molecule has 0 radical (unpaired) electrons. The number of piperidine rings is 1. The van der Waals surface area contributed by atoms with E-state index in [1.54, 1.807) is 0 Å². The van der Waals surface area contributed by atoms with Crippen molar-refractivity contribution in [2.24, 2.45) is 0 Å². The van der Waals surface area contributed by atoms with Gasteiger partial charge in [0.05, 0.1) is 17.8 Å². The second kappa shape index (κ2) is 7.95. The summed E-state index contributed by atoms with van der Waals surface area (Å²) in [5, 5.41) is 14.5. The smallest absolute Gasteiger partial charge is 0.0765 e. The van der Waals surface area contributed by atoms with Crippen LogP contribution in [0.3, 0.4) is 0 Å². The number of nitrogens with zero attached hydrogens (tertiary/aromatic N) is 3. The quantitative estimate of drug-likeness (QED) is 0.838. The van der Waals surface area contributed by atoms with Gasteiger partial charge < -0.3 is 5.11 Å². The van der Waals surface area contributed by atoms with Gasteiger partial charge in [-0.15, -0.1) is 0 Å². The van der Waals surface area contributed by atoms with Gasteiger partial charge in [-0.3, -0.25) is 9.58 Å². The van der Waals surface area contributed by atoms with E-state index >= 15 is 0 Å². The summed E-state index contributed by atoms with van der Waals surface area (Å²) < 4.78 is 2.13. The lowest BCUT2D eigenvalue weighted by molar-refractivity contribution is 0.0807. The first-order chi connectivity index (χ1) is 10.1. The Balaban J connectivity index is 1.98. The SMILES string of the molecule is CCC(CC)n1ccc(CN2CCCCC2CC(C)O)n1. The van der Waals surface area contributed by atoms with Crippen molar-refractivity contribution in [3.63, 3.8) is 0 Å². The predicted molar refractivity (Wildman–Crippen MR) is 86.2 cm³/mol. The summed E-state index contributed by atoms with van der Waals surface area (Å²) in [5.41, 5.74) is 1.17. The van der Waals surface area contributed by atoms with Gasteiger partial charge in [-0.2, -0.15) is 5.10 Å². The van der Waals surface area contributed by atoms with Crippen LogP contribution in [0.2, 0.25) is 0 Å². The van der Waals surface area contributed by atoms with Crippen molar-refractivity contribution < 1.29 is 5.11 Å². The molecule has 2 unspecified atom stereocenters. The van der Waals surface area contributed by atoms with Crippen LogP contribution in [0.5, 0.6) is 0 Å². The van der Waals surface area contributed by atoms with Gasteiger partial charge in [-0.1, -0.05) is 20.3 Å². The van der Waals surface area contributed by atoms with Crippen molar-refractivity contribution in [3.8, 4) is 0 Å². The second-order valence-corrected chi connectivity index (χ2v) is 6.46. The number of rotatable bonds is 7. The molecule has 1 fully saturated rings. The number of likely N-dealkylation sites (tertiary alicyclic amines) is 1. The largest absolute Gasteiger partial charge is 0.393 e. The second-order valence-electron chi connectivity index (χ2n) is 6.46. The molecule has 0 spiro atoms. The van der Waals surface area contributed by atoms with E-state index in [1.165, 1.54) is 25.0 Å². The zero-order valence-electron chi connectivity index (χ0n) is 13.8. The molecule has 1 N–H and O–H groups in total. The van der Waals surface area contributed by atoms with Gasteiger partial charge in [0.1, 0.15) is 0 Å². The molecular weight excluding hydrogens is 262 g/mol. The van der Waals surface area contributed by atoms with Crippen molar-refractivity contribution in [2.45, 2.75) is 84.0 Å². The monoisotopic (exact) mass is 293 g/mol. The third kappa shape index (κ3) is 4.55. The molecule has 120 valence electrons. The van der Waals surface area contributed by atoms with E-state index in [0.717, 1.165) is 32.4 Å². The molecule has 2 rings (SSSR count). The highest BCUT2D eigenvalue weighted by atomic mass is 16.3. The van der Waals surface area contributed by atoms with E-state index in [9.17, 15) is 5.11 Å². The maximum Gasteiger partial charge on any atom is 0.0765 e. The number of aromatic nitrogens is 2. The highest BCUT2D eigenvalue weighted by Gasteiger charge is 2.24. The van der Waals surface area contributed by atoms with Crippen LogP contribution in [-0.4, -0.2) is 38.5 Å². The van der Waals surface area contributed by atoms with Crippen molar-refractivity contribution >= 4 is 0 Å². The Morgan fingerprint density at radius 3 is 2.76 bits per heavy atom. The van der Waals surface area contributed by atoms with Crippen LogP contribution in [0.15, 0.2) is 12.3 Å². The van der Waals surface area contributed by atoms with Crippen LogP contribution in [-0.2, 0) is 6.54 Å². The molecule has 4 heteroatoms. The minimum Gasteiger partial charge on any atom is -0.393 e. The first kappa shape index (κ1) is 16.5. The molecule has 1 aliphatic rings. The van der Waals surface area contributed by atoms with Gasteiger partial charge in [0, 0.05) is 18.8 Å². The molecule has 1 aromatic rings. The van der Waals surface area contributed by atoms with Crippen molar-refractivity contribution in [1.82, 2.24) is 14.7 Å². The summed E-state index contributed by atoms with van der Waals surface area (Å²) in [6.07, 6.45) is 8.82. The van der Waals surface area contributed by atoms with Gasteiger partial charge in [-0.05, 0) is 51.6 Å². The molecule has 4 nitrogen and oxygen atoms in total. The van der Waals surface area contributed by atoms with Gasteiger partial charge >= 0.3 is 0 Å². The fraction of sp³-hybridized carbons (Fsp3) is 0.824. The lowest BCUT2D eigenvalue weighted by Gasteiger charge is -2.36. The van der Waals surface area contributed by atoms with Crippen molar-refractivity contribution in [2.75, 3.05) is 6.54 Å². The zero-order chi connectivity index (χ0) is 15.2. The fourth-order valence-electron chi connectivity index (χ4n) is 3.46. The average molecular weight is 293 g/mol. The van der Waals surface area contributed by atoms with E-state index in [4.69, 9.17) is 5.10 Å². The third-order valence-electron chi connectivity index (χ3n) is 4.71. The third-order valence-corrected chi connectivity index (χ3v) is 4.71. The van der Waals surface area contributed by atoms with Crippen molar-refractivity contribution in [1.29, 1.82) is 0 Å². The molecule has 2 heterocycles. The van der Waals surface area contributed by atoms with E-state index in [-0.39, 0.29) is 6.10 Å². The molecular formula is C17H31N3O. The Morgan fingerprint density at radius 2 is 2.10 bits per heavy atom. The van der Waals surface area contributed by atoms with Gasteiger partial charge in [0.2, 0.25) is 0 Å². The average Bonchev–Trinajstić information content (AvgIpc) is 2.90. The van der Waals surface area contributed by atoms with Gasteiger partial charge in [0.25, 0.3) is 0 Å². The van der Waals surface area contributed by atoms with E-state index in [0.29, 0.717) is 12.1 Å². The lowest BCUT2D eigenvalue weighted by Crippen LogP contribution is -2.40. The van der Waals surface area contributed by atoms with Crippen LogP contribution in [0.25, 0.3) is 0 Å². The minimum absolute atomic E-state index is 0.210. The van der Waals surface area contributed by atoms with Crippen LogP contribution in [0, 0.1) is 0 Å². The Hall–Kier alpha value is -0.870. The lowest BCUT2D eigenvalue weighted by atomic mass is 9.97. The number of hydrogen-bond acceptors (Lipinski definition) is 3. The normalized spacial score (nSPS) is 21.9. The summed E-state index contributed by atoms with van der Waals surface area (Å²) in [5.74, 6) is 0. The maximum absolute atomic E-state index is 9.68.